The van der Waals surface area contributed by atoms with Gasteiger partial charge >= 0.3 is 0 Å². The van der Waals surface area contributed by atoms with Crippen molar-refractivity contribution in [3.05, 3.63) is 194 Å². The first kappa shape index (κ1) is 31.6. The first-order valence-corrected chi connectivity index (χ1v) is 19.4. The van der Waals surface area contributed by atoms with E-state index >= 15 is 0 Å². The van der Waals surface area contributed by atoms with E-state index in [2.05, 4.69) is 194 Å². The van der Waals surface area contributed by atoms with Crippen molar-refractivity contribution in [2.45, 2.75) is 0 Å². The van der Waals surface area contributed by atoms with Crippen LogP contribution in [-0.2, 0) is 0 Å². The van der Waals surface area contributed by atoms with E-state index in [-0.39, 0.29) is 0 Å². The monoisotopic (exact) mass is 716 g/mol. The third-order valence-corrected chi connectivity index (χ3v) is 11.9. The van der Waals surface area contributed by atoms with Crippen LogP contribution in [0.15, 0.2) is 194 Å². The van der Waals surface area contributed by atoms with Crippen molar-refractivity contribution < 1.29 is 0 Å². The molecule has 0 N–H and O–H groups in total. The molecule has 2 heterocycles. The molecule has 0 saturated carbocycles. The van der Waals surface area contributed by atoms with E-state index in [4.69, 9.17) is 9.97 Å². The van der Waals surface area contributed by atoms with Gasteiger partial charge in [0.15, 0.2) is 5.82 Å². The molecular weight excluding hydrogens is 685 g/mol. The number of fused-ring (bicyclic) bond motifs is 6. The third-order valence-electron chi connectivity index (χ3n) is 10.8. The van der Waals surface area contributed by atoms with Crippen LogP contribution in [0.4, 0.5) is 0 Å². The Kier molecular flexibility index (Phi) is 7.39. The van der Waals surface area contributed by atoms with Crippen LogP contribution in [0.5, 0.6) is 0 Å². The molecule has 11 aromatic rings. The Bertz CT molecular complexity index is 3270. The molecule has 9 aromatic carbocycles. The quantitative estimate of drug-likeness (QED) is 0.177. The zero-order valence-electron chi connectivity index (χ0n) is 29.8. The average Bonchev–Trinajstić information content (AvgIpc) is 3.64. The summed E-state index contributed by atoms with van der Waals surface area (Å²) in [4.78, 5) is 10.6. The lowest BCUT2D eigenvalue weighted by molar-refractivity contribution is 1.19. The Morgan fingerprint density at radius 3 is 1.47 bits per heavy atom. The van der Waals surface area contributed by atoms with Crippen molar-refractivity contribution in [1.29, 1.82) is 0 Å². The van der Waals surface area contributed by atoms with Gasteiger partial charge in [0.2, 0.25) is 0 Å². The fourth-order valence-corrected chi connectivity index (χ4v) is 9.16. The van der Waals surface area contributed by atoms with Crippen LogP contribution in [0.25, 0.3) is 109 Å². The van der Waals surface area contributed by atoms with Crippen LogP contribution < -0.4 is 0 Å². The maximum absolute atomic E-state index is 5.34. The molecule has 2 nitrogen and oxygen atoms in total. The first-order chi connectivity index (χ1) is 27.2. The highest BCUT2D eigenvalue weighted by molar-refractivity contribution is 7.26. The smallest absolute Gasteiger partial charge is 0.160 e. The molecule has 0 spiro atoms. The van der Waals surface area contributed by atoms with Gasteiger partial charge in [-0.25, -0.2) is 9.97 Å². The molecule has 0 bridgehead atoms. The largest absolute Gasteiger partial charge is 0.228 e. The summed E-state index contributed by atoms with van der Waals surface area (Å²) < 4.78 is 2.53. The van der Waals surface area contributed by atoms with Crippen LogP contribution in [0.2, 0.25) is 0 Å². The highest BCUT2D eigenvalue weighted by atomic mass is 32.1. The summed E-state index contributed by atoms with van der Waals surface area (Å²) in [6.45, 7) is 0. The van der Waals surface area contributed by atoms with Crippen molar-refractivity contribution in [2.75, 3.05) is 0 Å². The minimum atomic E-state index is 0.709. The van der Waals surface area contributed by atoms with Gasteiger partial charge in [-0.1, -0.05) is 152 Å². The summed E-state index contributed by atoms with van der Waals surface area (Å²) in [5, 5.41) is 9.88. The van der Waals surface area contributed by atoms with Crippen molar-refractivity contribution >= 4 is 63.8 Å². The number of benzene rings is 9. The minimum absolute atomic E-state index is 0.709. The van der Waals surface area contributed by atoms with Gasteiger partial charge in [-0.2, -0.15) is 0 Å². The highest BCUT2D eigenvalue weighted by Crippen LogP contribution is 2.44. The molecule has 0 saturated heterocycles. The molecule has 55 heavy (non-hydrogen) atoms. The predicted octanol–water partition coefficient (Wildman–Crippen LogP) is 14.6. The topological polar surface area (TPSA) is 25.8 Å². The molecule has 0 aliphatic carbocycles. The summed E-state index contributed by atoms with van der Waals surface area (Å²) >= 11 is 1.84. The van der Waals surface area contributed by atoms with Crippen LogP contribution >= 0.6 is 11.3 Å². The lowest BCUT2D eigenvalue weighted by Crippen LogP contribution is -1.96. The molecule has 0 aliphatic rings. The average molecular weight is 717 g/mol. The summed E-state index contributed by atoms with van der Waals surface area (Å²) in [6.07, 6.45) is 0. The maximum atomic E-state index is 5.34. The van der Waals surface area contributed by atoms with E-state index in [1.54, 1.807) is 0 Å². The number of thiophene rings is 1. The van der Waals surface area contributed by atoms with E-state index in [1.807, 2.05) is 11.3 Å². The lowest BCUT2D eigenvalue weighted by atomic mass is 9.94. The van der Waals surface area contributed by atoms with E-state index in [1.165, 1.54) is 74.7 Å². The molecular formula is C52H32N2S. The van der Waals surface area contributed by atoms with Crippen LogP contribution in [0, 0.1) is 0 Å². The van der Waals surface area contributed by atoms with Crippen molar-refractivity contribution in [3.8, 4) is 56.2 Å². The van der Waals surface area contributed by atoms with Gasteiger partial charge in [0.1, 0.15) is 0 Å². The van der Waals surface area contributed by atoms with Crippen molar-refractivity contribution in [2.24, 2.45) is 0 Å². The van der Waals surface area contributed by atoms with Gasteiger partial charge in [0.05, 0.1) is 11.4 Å². The molecule has 0 aliphatic heterocycles. The zero-order chi connectivity index (χ0) is 36.3. The number of rotatable bonds is 5. The molecule has 11 rings (SSSR count). The summed E-state index contributed by atoms with van der Waals surface area (Å²) in [5.41, 5.74) is 9.68. The second-order valence-electron chi connectivity index (χ2n) is 14.2. The van der Waals surface area contributed by atoms with E-state index in [0.29, 0.717) is 5.82 Å². The predicted molar refractivity (Wildman–Crippen MR) is 235 cm³/mol. The van der Waals surface area contributed by atoms with Gasteiger partial charge in [-0.15, -0.1) is 11.3 Å². The van der Waals surface area contributed by atoms with Crippen molar-refractivity contribution in [1.82, 2.24) is 9.97 Å². The first-order valence-electron chi connectivity index (χ1n) is 18.6. The Morgan fingerprint density at radius 2 is 0.800 bits per heavy atom. The molecule has 0 radical (unpaired) electrons. The number of nitrogens with zero attached hydrogens (tertiary/aromatic N) is 2. The number of hydrogen-bond acceptors (Lipinski definition) is 3. The molecule has 0 amide bonds. The van der Waals surface area contributed by atoms with Gasteiger partial charge in [-0.3, -0.25) is 0 Å². The molecule has 3 heteroatoms. The summed E-state index contributed by atoms with van der Waals surface area (Å²) in [6, 6.07) is 69.9. The van der Waals surface area contributed by atoms with Crippen molar-refractivity contribution in [3.63, 3.8) is 0 Å². The fourth-order valence-electron chi connectivity index (χ4n) is 7.99. The van der Waals surface area contributed by atoms with E-state index < -0.39 is 0 Å². The molecule has 2 aromatic heterocycles. The maximum Gasteiger partial charge on any atom is 0.160 e. The minimum Gasteiger partial charge on any atom is -0.228 e. The molecule has 0 unspecified atom stereocenters. The number of hydrogen-bond donors (Lipinski definition) is 0. The Morgan fingerprint density at radius 1 is 0.309 bits per heavy atom. The normalized spacial score (nSPS) is 11.6. The Hall–Kier alpha value is -6.94. The van der Waals surface area contributed by atoms with Crippen LogP contribution in [0.1, 0.15) is 0 Å². The van der Waals surface area contributed by atoms with Gasteiger partial charge in [-0.05, 0) is 97.0 Å². The molecule has 256 valence electrons. The van der Waals surface area contributed by atoms with Gasteiger partial charge in [0, 0.05) is 36.9 Å². The van der Waals surface area contributed by atoms with Crippen LogP contribution in [-0.4, -0.2) is 9.97 Å². The van der Waals surface area contributed by atoms with E-state index in [0.717, 1.165) is 28.1 Å². The lowest BCUT2D eigenvalue weighted by Gasteiger charge is -2.13. The highest BCUT2D eigenvalue weighted by Gasteiger charge is 2.17. The molecule has 0 fully saturated rings. The zero-order valence-corrected chi connectivity index (χ0v) is 30.6. The third kappa shape index (κ3) is 5.65. The van der Waals surface area contributed by atoms with Crippen LogP contribution in [0.3, 0.4) is 0 Å². The fraction of sp³-hybridized carbons (Fsp3) is 0. The van der Waals surface area contributed by atoms with E-state index in [9.17, 15) is 0 Å². The second-order valence-corrected chi connectivity index (χ2v) is 15.3. The van der Waals surface area contributed by atoms with Gasteiger partial charge in [0.25, 0.3) is 0 Å². The Labute approximate surface area is 322 Å². The summed E-state index contributed by atoms with van der Waals surface area (Å²) in [5.74, 6) is 0.709. The number of aromatic nitrogens is 2. The Balaban J connectivity index is 1.10. The SMILES string of the molecule is c1ccc2cc(-c3ccc(-c4cc(-c5cc(-c6ccc7ccccc7c6)c6c(c5)sc5ccccc56)nc(-c5ccc6ccccc6c5)n4)cc3)ccc2c1. The van der Waals surface area contributed by atoms with Gasteiger partial charge < -0.3 is 0 Å². The standard InChI is InChI=1S/C52H32N2S/c1-4-12-38-27-41(24-19-33(38)9-1)36-17-22-37(23-18-36)47-32-48(54-52(53-47)43-26-21-35-11-3-6-14-40(35)29-43)44-30-46(42-25-20-34-10-2-5-13-39(34)28-42)51-45-15-7-8-16-49(45)55-50(51)31-44/h1-32H. The second kappa shape index (κ2) is 12.9. The molecule has 0 atom stereocenters. The summed E-state index contributed by atoms with van der Waals surface area (Å²) in [7, 11) is 0.